The summed E-state index contributed by atoms with van der Waals surface area (Å²) in [5.74, 6) is 0.464. The van der Waals surface area contributed by atoms with Crippen LogP contribution in [0.3, 0.4) is 0 Å². The van der Waals surface area contributed by atoms with Gasteiger partial charge in [0.2, 0.25) is 5.91 Å². The highest BCUT2D eigenvalue weighted by atomic mass is 35.5. The number of rotatable bonds is 2. The van der Waals surface area contributed by atoms with Gasteiger partial charge in [0, 0.05) is 29.7 Å². The molecule has 4 rings (SSSR count). The van der Waals surface area contributed by atoms with E-state index in [0.29, 0.717) is 30.3 Å². The van der Waals surface area contributed by atoms with E-state index in [0.717, 1.165) is 36.9 Å². The van der Waals surface area contributed by atoms with Gasteiger partial charge in [-0.1, -0.05) is 53.5 Å². The Balaban J connectivity index is 1.56. The van der Waals surface area contributed by atoms with Gasteiger partial charge in [-0.2, -0.15) is 0 Å². The lowest BCUT2D eigenvalue weighted by Crippen LogP contribution is -2.39. The first-order valence-corrected chi connectivity index (χ1v) is 13.2. The molecule has 196 valence electrons. The van der Waals surface area contributed by atoms with Gasteiger partial charge < -0.3 is 20.7 Å². The second kappa shape index (κ2) is 13.5. The van der Waals surface area contributed by atoms with Crippen molar-refractivity contribution in [1.29, 1.82) is 0 Å². The van der Waals surface area contributed by atoms with Gasteiger partial charge in [-0.15, -0.1) is 0 Å². The number of hydrogen-bond donors (Lipinski definition) is 3. The van der Waals surface area contributed by atoms with Crippen LogP contribution in [0.25, 0.3) is 0 Å². The number of hydrogen-bond acceptors (Lipinski definition) is 6. The first kappa shape index (κ1) is 27.0. The van der Waals surface area contributed by atoms with Gasteiger partial charge in [0.15, 0.2) is 5.82 Å². The fourth-order valence-electron chi connectivity index (χ4n) is 4.19. The molecular formula is C27H31Cl2N5O3. The molecular weight excluding hydrogens is 513 g/mol. The molecule has 2 aromatic carbocycles. The number of carbonyl (C=O) groups excluding carboxylic acids is 1. The molecule has 2 heterocycles. The van der Waals surface area contributed by atoms with Crippen LogP contribution in [0.2, 0.25) is 10.2 Å². The number of carbonyl (C=O) groups is 1. The second-order valence-corrected chi connectivity index (χ2v) is 9.82. The molecule has 2 bridgehead atoms. The van der Waals surface area contributed by atoms with E-state index in [-0.39, 0.29) is 36.0 Å². The van der Waals surface area contributed by atoms with Crippen LogP contribution < -0.4 is 26.2 Å². The Kier molecular flexibility index (Phi) is 9.82. The van der Waals surface area contributed by atoms with E-state index < -0.39 is 5.56 Å². The van der Waals surface area contributed by atoms with E-state index in [1.165, 1.54) is 10.8 Å². The minimum Gasteiger partial charge on any atom is -0.493 e. The van der Waals surface area contributed by atoms with Crippen molar-refractivity contribution in [2.24, 2.45) is 0 Å². The molecule has 1 amide bonds. The van der Waals surface area contributed by atoms with Crippen molar-refractivity contribution in [3.05, 3.63) is 86.4 Å². The van der Waals surface area contributed by atoms with Gasteiger partial charge in [0.05, 0.1) is 12.8 Å². The highest BCUT2D eigenvalue weighted by Crippen LogP contribution is 2.23. The van der Waals surface area contributed by atoms with Crippen molar-refractivity contribution in [2.45, 2.75) is 44.8 Å². The van der Waals surface area contributed by atoms with E-state index in [1.54, 1.807) is 12.1 Å². The smallest absolute Gasteiger partial charge is 0.294 e. The summed E-state index contributed by atoms with van der Waals surface area (Å²) in [6.45, 7) is 2.02. The predicted octanol–water partition coefficient (Wildman–Crippen LogP) is 4.04. The Labute approximate surface area is 226 Å². The zero-order chi connectivity index (χ0) is 26.0. The summed E-state index contributed by atoms with van der Waals surface area (Å²) in [6, 6.07) is 15.3. The Morgan fingerprint density at radius 1 is 1.05 bits per heavy atom. The molecule has 0 fully saturated rings. The van der Waals surface area contributed by atoms with Crippen molar-refractivity contribution in [3.8, 4) is 5.75 Å². The molecule has 0 saturated carbocycles. The predicted molar refractivity (Wildman–Crippen MR) is 147 cm³/mol. The molecule has 1 aromatic heterocycles. The monoisotopic (exact) mass is 543 g/mol. The minimum absolute atomic E-state index is 0.0844. The zero-order valence-corrected chi connectivity index (χ0v) is 22.0. The third-order valence-electron chi connectivity index (χ3n) is 6.12. The number of nitrogens with zero attached hydrogens (tertiary/aromatic N) is 2. The molecule has 8 nitrogen and oxygen atoms in total. The van der Waals surface area contributed by atoms with Crippen molar-refractivity contribution in [2.75, 3.05) is 25.0 Å². The third kappa shape index (κ3) is 7.95. The van der Waals surface area contributed by atoms with Gasteiger partial charge in [0.25, 0.3) is 5.56 Å². The van der Waals surface area contributed by atoms with Gasteiger partial charge in [-0.05, 0) is 56.0 Å². The molecule has 0 saturated heterocycles. The topological polar surface area (TPSA) is 97.3 Å². The summed E-state index contributed by atoms with van der Waals surface area (Å²) < 4.78 is 7.19. The van der Waals surface area contributed by atoms with Gasteiger partial charge in [0.1, 0.15) is 17.4 Å². The standard InChI is InChI=1S/C27H31Cl2N5O3/c28-21-9-10-23-20(14-21)15-31-25(35)18-34-24(29)17-32-26(27(34)36)33-22(13-19-7-3-1-4-8-19)16-30-11-5-2-6-12-37-23/h1,3-4,7-10,14,17,22,30H,2,5-6,11-13,15-16,18H2,(H,31,35)(H,32,33)/t22-/m0/s1. The van der Waals surface area contributed by atoms with Crippen molar-refractivity contribution in [3.63, 3.8) is 0 Å². The summed E-state index contributed by atoms with van der Waals surface area (Å²) in [6.07, 6.45) is 5.00. The van der Waals surface area contributed by atoms with Gasteiger partial charge in [-0.25, -0.2) is 4.98 Å². The third-order valence-corrected chi connectivity index (χ3v) is 6.65. The lowest BCUT2D eigenvalue weighted by Gasteiger charge is -2.21. The Bertz CT molecular complexity index is 1250. The summed E-state index contributed by atoms with van der Waals surface area (Å²) in [7, 11) is 0. The van der Waals surface area contributed by atoms with Gasteiger partial charge in [-0.3, -0.25) is 14.2 Å². The van der Waals surface area contributed by atoms with Crippen LogP contribution in [0.4, 0.5) is 5.82 Å². The molecule has 0 unspecified atom stereocenters. The molecule has 3 N–H and O–H groups in total. The van der Waals surface area contributed by atoms with E-state index in [4.69, 9.17) is 27.9 Å². The molecule has 1 aliphatic heterocycles. The maximum Gasteiger partial charge on any atom is 0.294 e. The number of amides is 1. The lowest BCUT2D eigenvalue weighted by molar-refractivity contribution is -0.121. The Morgan fingerprint density at radius 3 is 2.73 bits per heavy atom. The summed E-state index contributed by atoms with van der Waals surface area (Å²) in [4.78, 5) is 30.3. The number of nitrogens with one attached hydrogen (secondary N) is 3. The summed E-state index contributed by atoms with van der Waals surface area (Å²) in [5, 5.41) is 10.2. The van der Waals surface area contributed by atoms with Crippen LogP contribution in [0.1, 0.15) is 30.4 Å². The normalized spacial score (nSPS) is 17.7. The number of halogens is 2. The SMILES string of the molecule is O=C1Cn2c(Cl)cnc(c2=O)N[C@@H](Cc2ccccc2)CNCCCCCOc2ccc(Cl)cc2CN1. The fourth-order valence-corrected chi connectivity index (χ4v) is 4.57. The maximum atomic E-state index is 13.2. The van der Waals surface area contributed by atoms with Crippen LogP contribution in [0, 0.1) is 0 Å². The lowest BCUT2D eigenvalue weighted by atomic mass is 10.1. The van der Waals surface area contributed by atoms with E-state index in [9.17, 15) is 9.59 Å². The molecule has 1 aliphatic rings. The zero-order valence-electron chi connectivity index (χ0n) is 20.5. The van der Waals surface area contributed by atoms with Crippen molar-refractivity contribution >= 4 is 34.9 Å². The van der Waals surface area contributed by atoms with Crippen LogP contribution in [0.15, 0.2) is 59.5 Å². The number of fused-ring (bicyclic) bond motifs is 3. The number of anilines is 1. The molecule has 1 atom stereocenters. The van der Waals surface area contributed by atoms with Crippen molar-refractivity contribution < 1.29 is 9.53 Å². The van der Waals surface area contributed by atoms with Crippen LogP contribution in [-0.2, 0) is 24.3 Å². The molecule has 0 aliphatic carbocycles. The minimum atomic E-state index is -0.453. The highest BCUT2D eigenvalue weighted by molar-refractivity contribution is 6.30. The Morgan fingerprint density at radius 2 is 1.89 bits per heavy atom. The molecule has 0 spiro atoms. The highest BCUT2D eigenvalue weighted by Gasteiger charge is 2.17. The average molecular weight is 544 g/mol. The number of benzene rings is 2. The largest absolute Gasteiger partial charge is 0.493 e. The fraction of sp³-hybridized carbons (Fsp3) is 0.370. The second-order valence-electron chi connectivity index (χ2n) is 8.99. The molecule has 0 radical (unpaired) electrons. The first-order valence-electron chi connectivity index (χ1n) is 12.4. The molecule has 3 aromatic rings. The average Bonchev–Trinajstić information content (AvgIpc) is 2.89. The Hall–Kier alpha value is -3.07. The van der Waals surface area contributed by atoms with Crippen molar-refractivity contribution in [1.82, 2.24) is 20.2 Å². The number of ether oxygens (including phenoxy) is 1. The van der Waals surface area contributed by atoms with Crippen LogP contribution in [-0.4, -0.2) is 41.2 Å². The van der Waals surface area contributed by atoms with Gasteiger partial charge >= 0.3 is 0 Å². The van der Waals surface area contributed by atoms with Crippen LogP contribution in [0.5, 0.6) is 5.75 Å². The number of aromatic nitrogens is 2. The molecule has 10 heteroatoms. The summed E-state index contributed by atoms with van der Waals surface area (Å²) >= 11 is 12.4. The molecule has 37 heavy (non-hydrogen) atoms. The maximum absolute atomic E-state index is 13.2. The van der Waals surface area contributed by atoms with E-state index >= 15 is 0 Å². The quantitative estimate of drug-likeness (QED) is 0.451. The van der Waals surface area contributed by atoms with Crippen LogP contribution >= 0.6 is 23.2 Å². The van der Waals surface area contributed by atoms with E-state index in [2.05, 4.69) is 33.1 Å². The van der Waals surface area contributed by atoms with E-state index in [1.807, 2.05) is 24.3 Å². The first-order chi connectivity index (χ1) is 18.0. The summed E-state index contributed by atoms with van der Waals surface area (Å²) in [5.41, 5.74) is 1.45.